The number of carbonyl (C=O) groups is 2. The van der Waals surface area contributed by atoms with E-state index in [1.807, 2.05) is 0 Å². The average molecular weight is 705 g/mol. The van der Waals surface area contributed by atoms with E-state index in [2.05, 4.69) is 18.4 Å². The van der Waals surface area contributed by atoms with Crippen LogP contribution < -0.4 is 0 Å². The van der Waals surface area contributed by atoms with Gasteiger partial charge in [-0.25, -0.2) is 4.57 Å². The van der Waals surface area contributed by atoms with Gasteiger partial charge in [0.15, 0.2) is 6.10 Å². The fraction of sp³-hybridized carbons (Fsp3) is 0.949. The van der Waals surface area contributed by atoms with Crippen molar-refractivity contribution in [1.82, 2.24) is 0 Å². The van der Waals surface area contributed by atoms with Crippen LogP contribution in [-0.2, 0) is 28.2 Å². The van der Waals surface area contributed by atoms with E-state index in [0.29, 0.717) is 6.42 Å². The summed E-state index contributed by atoms with van der Waals surface area (Å²) in [5, 5.41) is 0. The molecule has 0 unspecified atom stereocenters. The van der Waals surface area contributed by atoms with Crippen LogP contribution >= 0.6 is 7.82 Å². The van der Waals surface area contributed by atoms with Crippen LogP contribution in [0.15, 0.2) is 0 Å². The Morgan fingerprint density at radius 3 is 1.06 bits per heavy atom. The van der Waals surface area contributed by atoms with Crippen LogP contribution in [0, 0.1) is 0 Å². The summed E-state index contributed by atoms with van der Waals surface area (Å²) < 4.78 is 26.3. The van der Waals surface area contributed by atoms with Crippen molar-refractivity contribution in [2.24, 2.45) is 0 Å². The van der Waals surface area contributed by atoms with E-state index < -0.39 is 32.5 Å². The Morgan fingerprint density at radius 1 is 0.458 bits per heavy atom. The number of carbonyl (C=O) groups excluding carboxylic acids is 2. The van der Waals surface area contributed by atoms with E-state index in [0.717, 1.165) is 32.1 Å². The molecular weight excluding hydrogens is 627 g/mol. The van der Waals surface area contributed by atoms with E-state index in [1.165, 1.54) is 154 Å². The highest BCUT2D eigenvalue weighted by atomic mass is 31.2. The molecule has 0 amide bonds. The maximum absolute atomic E-state index is 12.4. The second-order valence-corrected chi connectivity index (χ2v) is 15.2. The molecule has 0 saturated carbocycles. The van der Waals surface area contributed by atoms with Gasteiger partial charge in [-0.3, -0.25) is 14.1 Å². The molecule has 0 aromatic carbocycles. The van der Waals surface area contributed by atoms with Crippen molar-refractivity contribution in [3.63, 3.8) is 0 Å². The minimum Gasteiger partial charge on any atom is -0.462 e. The van der Waals surface area contributed by atoms with Gasteiger partial charge in [-0.1, -0.05) is 194 Å². The smallest absolute Gasteiger partial charge is 0.462 e. The maximum atomic E-state index is 12.4. The van der Waals surface area contributed by atoms with Crippen molar-refractivity contribution in [2.75, 3.05) is 13.2 Å². The van der Waals surface area contributed by atoms with Crippen LogP contribution in [-0.4, -0.2) is 41.0 Å². The predicted octanol–water partition coefficient (Wildman–Crippen LogP) is 12.1. The van der Waals surface area contributed by atoms with Crippen molar-refractivity contribution in [3.05, 3.63) is 0 Å². The molecule has 0 heterocycles. The van der Waals surface area contributed by atoms with Crippen molar-refractivity contribution >= 4 is 19.8 Å². The predicted molar refractivity (Wildman–Crippen MR) is 198 cm³/mol. The summed E-state index contributed by atoms with van der Waals surface area (Å²) in [7, 11) is -4.74. The molecule has 0 spiro atoms. The van der Waals surface area contributed by atoms with Crippen LogP contribution in [0.25, 0.3) is 0 Å². The molecule has 0 bridgehead atoms. The molecule has 2 N–H and O–H groups in total. The van der Waals surface area contributed by atoms with Gasteiger partial charge >= 0.3 is 19.8 Å². The zero-order valence-electron chi connectivity index (χ0n) is 31.4. The zero-order chi connectivity index (χ0) is 35.4. The van der Waals surface area contributed by atoms with Gasteiger partial charge in [0, 0.05) is 12.8 Å². The Morgan fingerprint density at radius 2 is 0.750 bits per heavy atom. The van der Waals surface area contributed by atoms with Crippen molar-refractivity contribution in [2.45, 2.75) is 225 Å². The second-order valence-electron chi connectivity index (χ2n) is 14.0. The van der Waals surface area contributed by atoms with E-state index >= 15 is 0 Å². The monoisotopic (exact) mass is 705 g/mol. The third-order valence-electron chi connectivity index (χ3n) is 9.13. The van der Waals surface area contributed by atoms with Gasteiger partial charge in [0.25, 0.3) is 0 Å². The first-order valence-electron chi connectivity index (χ1n) is 20.3. The van der Waals surface area contributed by atoms with Gasteiger partial charge < -0.3 is 19.3 Å². The third-order valence-corrected chi connectivity index (χ3v) is 9.61. The lowest BCUT2D eigenvalue weighted by molar-refractivity contribution is -0.161. The summed E-state index contributed by atoms with van der Waals surface area (Å²) in [4.78, 5) is 42.6. The standard InChI is InChI=1S/C39H77O8P/c1-3-5-7-9-11-13-14-15-16-17-18-19-20-21-22-23-24-25-26-28-30-32-34-39(41)47-37(36-46-48(42,43)44)35-45-38(40)33-31-29-27-12-10-8-6-4-2/h37H,3-36H2,1-2H3,(H2,42,43,44)/t37-/m1/s1. The van der Waals surface area contributed by atoms with E-state index in [-0.39, 0.29) is 19.4 Å². The molecule has 0 rings (SSSR count). The zero-order valence-corrected chi connectivity index (χ0v) is 32.3. The average Bonchev–Trinajstić information content (AvgIpc) is 3.05. The van der Waals surface area contributed by atoms with E-state index in [4.69, 9.17) is 19.3 Å². The van der Waals surface area contributed by atoms with Crippen LogP contribution in [0.3, 0.4) is 0 Å². The summed E-state index contributed by atoms with van der Waals surface area (Å²) in [6.45, 7) is 3.67. The van der Waals surface area contributed by atoms with Gasteiger partial charge in [-0.2, -0.15) is 0 Å². The lowest BCUT2D eigenvalue weighted by Gasteiger charge is -2.18. The molecule has 48 heavy (non-hydrogen) atoms. The van der Waals surface area contributed by atoms with Crippen molar-refractivity contribution in [1.29, 1.82) is 0 Å². The van der Waals surface area contributed by atoms with Crippen molar-refractivity contribution in [3.8, 4) is 0 Å². The number of phosphoric ester groups is 1. The SMILES string of the molecule is CCCCCCCCCCCCCCCCCCCCCCCCC(=O)O[C@H](COC(=O)CCCCCCCCCC)COP(=O)(O)O. The number of rotatable bonds is 38. The number of ether oxygens (including phenoxy) is 2. The summed E-state index contributed by atoms with van der Waals surface area (Å²) in [6.07, 6.45) is 37.1. The Kier molecular flexibility index (Phi) is 35.2. The Hall–Kier alpha value is -0.950. The third kappa shape index (κ3) is 37.9. The first kappa shape index (κ1) is 47.0. The Labute approximate surface area is 295 Å². The van der Waals surface area contributed by atoms with Crippen LogP contribution in [0.1, 0.15) is 219 Å². The summed E-state index contributed by atoms with van der Waals surface area (Å²) in [6, 6.07) is 0. The highest BCUT2D eigenvalue weighted by Gasteiger charge is 2.22. The maximum Gasteiger partial charge on any atom is 0.469 e. The number of unbranched alkanes of at least 4 members (excludes halogenated alkanes) is 28. The molecule has 0 aromatic heterocycles. The number of hydrogen-bond donors (Lipinski definition) is 2. The molecule has 0 aromatic rings. The number of phosphoric acid groups is 1. The molecule has 0 aliphatic rings. The van der Waals surface area contributed by atoms with Gasteiger partial charge in [0.1, 0.15) is 6.61 Å². The molecule has 8 nitrogen and oxygen atoms in total. The normalized spacial score (nSPS) is 12.3. The topological polar surface area (TPSA) is 119 Å². The lowest BCUT2D eigenvalue weighted by Crippen LogP contribution is -2.29. The number of hydrogen-bond acceptors (Lipinski definition) is 6. The van der Waals surface area contributed by atoms with Gasteiger partial charge in [0.05, 0.1) is 6.61 Å². The number of esters is 2. The molecule has 0 fully saturated rings. The summed E-state index contributed by atoms with van der Waals surface area (Å²) in [5.41, 5.74) is 0. The largest absolute Gasteiger partial charge is 0.469 e. The molecule has 286 valence electrons. The van der Waals surface area contributed by atoms with Gasteiger partial charge in [0.2, 0.25) is 0 Å². The quantitative estimate of drug-likeness (QED) is 0.0370. The molecule has 0 aliphatic heterocycles. The van der Waals surface area contributed by atoms with E-state index in [1.54, 1.807) is 0 Å². The van der Waals surface area contributed by atoms with E-state index in [9.17, 15) is 14.2 Å². The van der Waals surface area contributed by atoms with Gasteiger partial charge in [-0.15, -0.1) is 0 Å². The fourth-order valence-corrected chi connectivity index (χ4v) is 6.44. The molecule has 0 radical (unpaired) electrons. The molecule has 1 atom stereocenters. The highest BCUT2D eigenvalue weighted by Crippen LogP contribution is 2.36. The second kappa shape index (κ2) is 35.9. The molecule has 0 aliphatic carbocycles. The minimum absolute atomic E-state index is 0.220. The minimum atomic E-state index is -4.74. The Balaban J connectivity index is 3.76. The first-order chi connectivity index (χ1) is 23.3. The van der Waals surface area contributed by atoms with Crippen molar-refractivity contribution < 1.29 is 37.9 Å². The molecule has 0 saturated heterocycles. The summed E-state index contributed by atoms with van der Waals surface area (Å²) >= 11 is 0. The fourth-order valence-electron chi connectivity index (χ4n) is 6.08. The van der Waals surface area contributed by atoms with Crippen LogP contribution in [0.5, 0.6) is 0 Å². The molecule has 9 heteroatoms. The highest BCUT2D eigenvalue weighted by molar-refractivity contribution is 7.46. The van der Waals surface area contributed by atoms with Gasteiger partial charge in [-0.05, 0) is 12.8 Å². The molecular formula is C39H77O8P. The lowest BCUT2D eigenvalue weighted by atomic mass is 10.0. The first-order valence-corrected chi connectivity index (χ1v) is 21.9. The summed E-state index contributed by atoms with van der Waals surface area (Å²) in [5.74, 6) is -0.876. The van der Waals surface area contributed by atoms with Crippen LogP contribution in [0.2, 0.25) is 0 Å². The Bertz CT molecular complexity index is 756. The van der Waals surface area contributed by atoms with Crippen LogP contribution in [0.4, 0.5) is 0 Å².